The van der Waals surface area contributed by atoms with Crippen molar-refractivity contribution in [3.63, 3.8) is 0 Å². The lowest BCUT2D eigenvalue weighted by Gasteiger charge is -2.61. The number of amides is 1. The van der Waals surface area contributed by atoms with Crippen LogP contribution in [0.1, 0.15) is 49.7 Å². The molecule has 214 valence electrons. The quantitative estimate of drug-likeness (QED) is 0.472. The Hall–Kier alpha value is -2.46. The predicted molar refractivity (Wildman–Crippen MR) is 151 cm³/mol. The van der Waals surface area contributed by atoms with Gasteiger partial charge in [0.2, 0.25) is 10.0 Å². The summed E-state index contributed by atoms with van der Waals surface area (Å²) in [6, 6.07) is 13.1. The van der Waals surface area contributed by atoms with E-state index in [4.69, 9.17) is 21.1 Å². The normalized spacial score (nSPS) is 29.8. The van der Waals surface area contributed by atoms with E-state index in [9.17, 15) is 18.0 Å². The molecule has 40 heavy (non-hydrogen) atoms. The number of aryl methyl sites for hydroxylation is 1. The van der Waals surface area contributed by atoms with Crippen molar-refractivity contribution in [2.45, 2.75) is 55.8 Å². The fourth-order valence-corrected chi connectivity index (χ4v) is 9.84. The number of esters is 1. The maximum Gasteiger partial charge on any atom is 0.312 e. The van der Waals surface area contributed by atoms with E-state index < -0.39 is 28.0 Å². The zero-order chi connectivity index (χ0) is 28.1. The Morgan fingerprint density at radius 2 is 1.73 bits per heavy atom. The van der Waals surface area contributed by atoms with Gasteiger partial charge in [-0.05, 0) is 86.5 Å². The van der Waals surface area contributed by atoms with Crippen molar-refractivity contribution in [2.75, 3.05) is 38.2 Å². The van der Waals surface area contributed by atoms with Gasteiger partial charge in [0.15, 0.2) is 6.61 Å². The summed E-state index contributed by atoms with van der Waals surface area (Å²) in [6.07, 6.45) is 5.77. The molecule has 5 aliphatic rings. The number of ether oxygens (including phenoxy) is 2. The Morgan fingerprint density at radius 1 is 1.05 bits per heavy atom. The maximum absolute atomic E-state index is 13.6. The number of carbonyl (C=O) groups excluding carboxylic acids is 2. The molecule has 1 aliphatic heterocycles. The van der Waals surface area contributed by atoms with Crippen molar-refractivity contribution in [1.82, 2.24) is 4.31 Å². The minimum Gasteiger partial charge on any atom is -0.455 e. The third-order valence-electron chi connectivity index (χ3n) is 9.30. The summed E-state index contributed by atoms with van der Waals surface area (Å²) in [5, 5.41) is 2.74. The summed E-state index contributed by atoms with van der Waals surface area (Å²) in [7, 11) is -3.85. The van der Waals surface area contributed by atoms with Crippen molar-refractivity contribution in [1.29, 1.82) is 0 Å². The smallest absolute Gasteiger partial charge is 0.312 e. The lowest BCUT2D eigenvalue weighted by atomic mass is 9.43. The highest BCUT2D eigenvalue weighted by Gasteiger charge is 2.61. The van der Waals surface area contributed by atoms with Crippen LogP contribution in [0.4, 0.5) is 5.69 Å². The molecule has 2 aromatic carbocycles. The minimum absolute atomic E-state index is 0.00918. The number of nitrogens with one attached hydrogen (secondary N) is 1. The summed E-state index contributed by atoms with van der Waals surface area (Å²) in [5.74, 6) is 0.165. The average molecular weight is 587 g/mol. The number of nitrogens with zero attached hydrogens (tertiary/aromatic N) is 1. The van der Waals surface area contributed by atoms with Gasteiger partial charge in [0.05, 0.1) is 23.7 Å². The molecule has 0 spiro atoms. The molecule has 1 saturated heterocycles. The molecule has 2 atom stereocenters. The molecular weight excluding hydrogens is 552 g/mol. The van der Waals surface area contributed by atoms with Crippen LogP contribution in [0.15, 0.2) is 47.4 Å². The summed E-state index contributed by atoms with van der Waals surface area (Å²) >= 11 is 6.23. The number of carbonyl (C=O) groups is 2. The topological polar surface area (TPSA) is 102 Å². The van der Waals surface area contributed by atoms with Crippen molar-refractivity contribution in [2.24, 2.45) is 17.3 Å². The molecule has 5 fully saturated rings. The second-order valence-electron chi connectivity index (χ2n) is 12.2. The number of morpholine rings is 1. The second kappa shape index (κ2) is 10.4. The number of benzene rings is 2. The molecule has 4 saturated carbocycles. The Morgan fingerprint density at radius 3 is 2.40 bits per heavy atom. The summed E-state index contributed by atoms with van der Waals surface area (Å²) in [6.45, 7) is 2.75. The van der Waals surface area contributed by atoms with Crippen LogP contribution in [0.25, 0.3) is 0 Å². The molecule has 0 radical (unpaired) electrons. The molecule has 7 rings (SSSR count). The van der Waals surface area contributed by atoms with Crippen LogP contribution in [-0.2, 0) is 34.5 Å². The summed E-state index contributed by atoms with van der Waals surface area (Å²) in [4.78, 5) is 26.3. The van der Waals surface area contributed by atoms with E-state index in [0.29, 0.717) is 25.0 Å². The van der Waals surface area contributed by atoms with Gasteiger partial charge in [-0.3, -0.25) is 9.59 Å². The molecule has 4 aliphatic carbocycles. The largest absolute Gasteiger partial charge is 0.455 e. The second-order valence-corrected chi connectivity index (χ2v) is 14.5. The lowest BCUT2D eigenvalue weighted by molar-refractivity contribution is -0.175. The van der Waals surface area contributed by atoms with Crippen molar-refractivity contribution >= 4 is 39.2 Å². The highest BCUT2D eigenvalue weighted by Crippen LogP contribution is 2.66. The van der Waals surface area contributed by atoms with E-state index in [0.717, 1.165) is 38.5 Å². The van der Waals surface area contributed by atoms with Gasteiger partial charge in [0.25, 0.3) is 5.91 Å². The highest BCUT2D eigenvalue weighted by molar-refractivity contribution is 7.89. The first-order valence-corrected chi connectivity index (χ1v) is 15.8. The summed E-state index contributed by atoms with van der Waals surface area (Å²) in [5.41, 5.74) is 2.23. The molecule has 4 bridgehead atoms. The monoisotopic (exact) mass is 586 g/mol. The molecule has 0 aromatic heterocycles. The van der Waals surface area contributed by atoms with Crippen LogP contribution in [0.2, 0.25) is 5.02 Å². The Kier molecular flexibility index (Phi) is 7.22. The molecule has 1 amide bonds. The van der Waals surface area contributed by atoms with E-state index in [-0.39, 0.29) is 40.1 Å². The van der Waals surface area contributed by atoms with Crippen molar-refractivity contribution in [3.05, 3.63) is 58.6 Å². The first kappa shape index (κ1) is 27.7. The maximum atomic E-state index is 13.6. The van der Waals surface area contributed by atoms with Crippen LogP contribution in [0, 0.1) is 24.2 Å². The van der Waals surface area contributed by atoms with Gasteiger partial charge in [0.1, 0.15) is 4.90 Å². The zero-order valence-electron chi connectivity index (χ0n) is 22.7. The highest BCUT2D eigenvalue weighted by atomic mass is 35.5. The molecule has 2 aromatic rings. The molecule has 1 heterocycles. The van der Waals surface area contributed by atoms with E-state index in [2.05, 4.69) is 36.5 Å². The molecule has 8 nitrogen and oxygen atoms in total. The van der Waals surface area contributed by atoms with Crippen LogP contribution < -0.4 is 5.32 Å². The van der Waals surface area contributed by atoms with Gasteiger partial charge in [-0.1, -0.05) is 41.4 Å². The molecule has 1 N–H and O–H groups in total. The third-order valence-corrected chi connectivity index (χ3v) is 11.7. The average Bonchev–Trinajstić information content (AvgIpc) is 2.92. The number of hydrogen-bond donors (Lipinski definition) is 1. The van der Waals surface area contributed by atoms with Gasteiger partial charge in [-0.25, -0.2) is 8.42 Å². The fraction of sp³-hybridized carbons (Fsp3) is 0.533. The van der Waals surface area contributed by atoms with E-state index in [1.54, 1.807) is 0 Å². The Bertz CT molecular complexity index is 1410. The number of sulfonamides is 1. The van der Waals surface area contributed by atoms with E-state index in [1.165, 1.54) is 33.6 Å². The number of halogens is 1. The fourth-order valence-electron chi connectivity index (χ4n) is 7.93. The number of rotatable bonds is 7. The Labute approximate surface area is 240 Å². The standard InChI is InChI=1S/C30H35ClN2O6S/c1-20-2-4-23(5-3-20)29-14-21-12-22(15-29)17-30(16-21,19-29)28(35)39-18-27(34)32-24-6-7-25(31)26(13-24)40(36,37)33-8-10-38-11-9-33/h2-7,13,21-22H,8-12,14-19H2,1H3,(H,32,34)/t21-,22-,29?,30?/m1/s1. The van der Waals surface area contributed by atoms with Crippen LogP contribution >= 0.6 is 11.6 Å². The van der Waals surface area contributed by atoms with Gasteiger partial charge >= 0.3 is 5.97 Å². The molecular formula is C30H35ClN2O6S. The Balaban J connectivity index is 1.13. The van der Waals surface area contributed by atoms with Crippen molar-refractivity contribution < 1.29 is 27.5 Å². The zero-order valence-corrected chi connectivity index (χ0v) is 24.2. The first-order valence-electron chi connectivity index (χ1n) is 14.0. The van der Waals surface area contributed by atoms with Gasteiger partial charge in [-0.2, -0.15) is 4.31 Å². The van der Waals surface area contributed by atoms with Gasteiger partial charge < -0.3 is 14.8 Å². The van der Waals surface area contributed by atoms with Crippen LogP contribution in [0.5, 0.6) is 0 Å². The summed E-state index contributed by atoms with van der Waals surface area (Å²) < 4.78 is 38.5. The van der Waals surface area contributed by atoms with Gasteiger partial charge in [0, 0.05) is 18.8 Å². The molecule has 0 unspecified atom stereocenters. The van der Waals surface area contributed by atoms with Crippen molar-refractivity contribution in [3.8, 4) is 0 Å². The minimum atomic E-state index is -3.85. The first-order chi connectivity index (χ1) is 19.1. The van der Waals surface area contributed by atoms with Gasteiger partial charge in [-0.15, -0.1) is 0 Å². The van der Waals surface area contributed by atoms with E-state index in [1.807, 2.05) is 0 Å². The van der Waals surface area contributed by atoms with Crippen LogP contribution in [-0.4, -0.2) is 57.5 Å². The SMILES string of the molecule is Cc1ccc(C23C[C@H]4C[C@@H](CC(C(=O)OCC(=O)Nc5ccc(Cl)c(S(=O)(=O)N6CCOCC6)c5)(C4)C2)C3)cc1. The van der Waals surface area contributed by atoms with E-state index >= 15 is 0 Å². The number of hydrogen-bond acceptors (Lipinski definition) is 6. The predicted octanol–water partition coefficient (Wildman–Crippen LogP) is 4.69. The lowest BCUT2D eigenvalue weighted by Crippen LogP contribution is -2.57. The number of anilines is 1. The van der Waals surface area contributed by atoms with Crippen LogP contribution in [0.3, 0.4) is 0 Å². The third kappa shape index (κ3) is 5.06. The molecule has 10 heteroatoms.